The maximum atomic E-state index is 3.49. The third-order valence-corrected chi connectivity index (χ3v) is 2.83. The number of rotatable bonds is 2. The molecule has 1 aromatic carbocycles. The number of hydrogen-bond donors (Lipinski definition) is 1. The summed E-state index contributed by atoms with van der Waals surface area (Å²) < 4.78 is 1.16. The molecule has 1 aliphatic rings. The molecule has 0 saturated heterocycles. The molecule has 2 rings (SSSR count). The minimum Gasteiger partial charge on any atom is -0.308 e. The summed E-state index contributed by atoms with van der Waals surface area (Å²) in [6.07, 6.45) is 0. The average molecular weight is 255 g/mol. The van der Waals surface area contributed by atoms with E-state index in [4.69, 9.17) is 0 Å². The van der Waals surface area contributed by atoms with Gasteiger partial charge in [0.1, 0.15) is 0 Å². The molecule has 1 aliphatic heterocycles. The smallest absolute Gasteiger partial charge is 0.0566 e. The average Bonchev–Trinajstić information content (AvgIpc) is 2.47. The second-order valence-electron chi connectivity index (χ2n) is 4.11. The van der Waals surface area contributed by atoms with E-state index >= 15 is 0 Å². The number of nitrogens with zero attached hydrogens (tertiary/aromatic N) is 1. The number of hydrazine groups is 1. The molecule has 0 radical (unpaired) electrons. The second kappa shape index (κ2) is 3.91. The van der Waals surface area contributed by atoms with E-state index < -0.39 is 0 Å². The molecule has 0 amide bonds. The zero-order valence-electron chi connectivity index (χ0n) is 8.55. The van der Waals surface area contributed by atoms with Crippen LogP contribution in [0.25, 0.3) is 0 Å². The minimum atomic E-state index is 0.678. The van der Waals surface area contributed by atoms with Crippen molar-refractivity contribution in [2.45, 2.75) is 20.4 Å². The van der Waals surface area contributed by atoms with Crippen LogP contribution in [0.3, 0.4) is 0 Å². The highest BCUT2D eigenvalue weighted by Gasteiger charge is 2.18. The van der Waals surface area contributed by atoms with Gasteiger partial charge in [-0.1, -0.05) is 29.8 Å². The third kappa shape index (κ3) is 1.93. The van der Waals surface area contributed by atoms with Gasteiger partial charge in [0.15, 0.2) is 0 Å². The van der Waals surface area contributed by atoms with Crippen LogP contribution in [0.4, 0.5) is 5.69 Å². The highest BCUT2D eigenvalue weighted by molar-refractivity contribution is 9.10. The lowest BCUT2D eigenvalue weighted by molar-refractivity contribution is 0.564. The molecular weight excluding hydrogens is 240 g/mol. The Bertz CT molecular complexity index is 336. The van der Waals surface area contributed by atoms with Crippen LogP contribution in [0.5, 0.6) is 0 Å². The van der Waals surface area contributed by atoms with E-state index in [-0.39, 0.29) is 0 Å². The van der Waals surface area contributed by atoms with Gasteiger partial charge in [0.2, 0.25) is 0 Å². The Morgan fingerprint density at radius 3 is 3.00 bits per heavy atom. The van der Waals surface area contributed by atoms with Crippen LogP contribution in [0.15, 0.2) is 22.7 Å². The van der Waals surface area contributed by atoms with Gasteiger partial charge in [-0.15, -0.1) is 0 Å². The van der Waals surface area contributed by atoms with E-state index in [1.165, 1.54) is 11.3 Å². The summed E-state index contributed by atoms with van der Waals surface area (Å²) >= 11 is 3.49. The maximum absolute atomic E-state index is 3.49. The molecule has 14 heavy (non-hydrogen) atoms. The molecular formula is C11H15BrN2. The zero-order valence-corrected chi connectivity index (χ0v) is 10.1. The van der Waals surface area contributed by atoms with E-state index in [9.17, 15) is 0 Å². The van der Waals surface area contributed by atoms with Gasteiger partial charge in [-0.05, 0) is 29.7 Å². The van der Waals surface area contributed by atoms with Gasteiger partial charge in [-0.3, -0.25) is 0 Å². The fourth-order valence-electron chi connectivity index (χ4n) is 1.75. The van der Waals surface area contributed by atoms with Crippen molar-refractivity contribution in [2.24, 2.45) is 5.92 Å². The van der Waals surface area contributed by atoms with E-state index in [0.29, 0.717) is 5.92 Å². The first kappa shape index (κ1) is 9.99. The number of halogens is 1. The van der Waals surface area contributed by atoms with Crippen LogP contribution in [0.1, 0.15) is 19.4 Å². The normalized spacial score (nSPS) is 15.0. The summed E-state index contributed by atoms with van der Waals surface area (Å²) in [4.78, 5) is 0. The molecule has 0 spiro atoms. The predicted molar refractivity (Wildman–Crippen MR) is 63.2 cm³/mol. The standard InChI is InChI=1S/C11H15BrN2/c1-8(2)7-14-11-4-3-10(12)5-9(11)6-13-14/h3-5,8,13H,6-7H2,1-2H3. The van der Waals surface area contributed by atoms with Gasteiger partial charge in [-0.2, -0.15) is 0 Å². The SMILES string of the molecule is CC(C)CN1NCc2cc(Br)ccc21. The first-order valence-corrected chi connectivity index (χ1v) is 5.75. The van der Waals surface area contributed by atoms with Crippen LogP contribution in [-0.2, 0) is 6.54 Å². The number of anilines is 1. The van der Waals surface area contributed by atoms with Crippen LogP contribution in [0.2, 0.25) is 0 Å². The lowest BCUT2D eigenvalue weighted by Gasteiger charge is -2.21. The molecule has 1 aromatic rings. The van der Waals surface area contributed by atoms with Gasteiger partial charge >= 0.3 is 0 Å². The van der Waals surface area contributed by atoms with Crippen molar-refractivity contribution in [3.63, 3.8) is 0 Å². The Balaban J connectivity index is 2.22. The van der Waals surface area contributed by atoms with Crippen molar-refractivity contribution in [3.05, 3.63) is 28.2 Å². The molecule has 0 bridgehead atoms. The largest absolute Gasteiger partial charge is 0.308 e. The van der Waals surface area contributed by atoms with Crippen LogP contribution < -0.4 is 10.4 Å². The van der Waals surface area contributed by atoms with E-state index in [2.05, 4.69) is 58.4 Å². The summed E-state index contributed by atoms with van der Waals surface area (Å²) in [5.74, 6) is 0.678. The quantitative estimate of drug-likeness (QED) is 0.874. The van der Waals surface area contributed by atoms with Crippen LogP contribution >= 0.6 is 15.9 Å². The lowest BCUT2D eigenvalue weighted by atomic mass is 10.1. The molecule has 2 nitrogen and oxygen atoms in total. The third-order valence-electron chi connectivity index (χ3n) is 2.34. The van der Waals surface area contributed by atoms with Crippen molar-refractivity contribution in [1.29, 1.82) is 0 Å². The summed E-state index contributed by atoms with van der Waals surface area (Å²) in [5, 5.41) is 2.24. The van der Waals surface area contributed by atoms with E-state index in [1.54, 1.807) is 0 Å². The molecule has 1 heterocycles. The topological polar surface area (TPSA) is 15.3 Å². The van der Waals surface area contributed by atoms with Crippen LogP contribution in [0, 0.1) is 5.92 Å². The lowest BCUT2D eigenvalue weighted by Crippen LogP contribution is -2.35. The molecule has 0 unspecified atom stereocenters. The van der Waals surface area contributed by atoms with Crippen molar-refractivity contribution >= 4 is 21.6 Å². The Hall–Kier alpha value is -0.540. The molecule has 0 aliphatic carbocycles. The van der Waals surface area contributed by atoms with Gasteiger partial charge < -0.3 is 5.01 Å². The van der Waals surface area contributed by atoms with Gasteiger partial charge in [-0.25, -0.2) is 5.43 Å². The molecule has 0 aromatic heterocycles. The van der Waals surface area contributed by atoms with Gasteiger partial charge in [0, 0.05) is 17.6 Å². The van der Waals surface area contributed by atoms with Gasteiger partial charge in [0.05, 0.1) is 5.69 Å². The van der Waals surface area contributed by atoms with E-state index in [0.717, 1.165) is 17.6 Å². The zero-order chi connectivity index (χ0) is 10.1. The van der Waals surface area contributed by atoms with Gasteiger partial charge in [0.25, 0.3) is 0 Å². The first-order valence-electron chi connectivity index (χ1n) is 4.96. The monoisotopic (exact) mass is 254 g/mol. The highest BCUT2D eigenvalue weighted by Crippen LogP contribution is 2.28. The van der Waals surface area contributed by atoms with Crippen molar-refractivity contribution in [3.8, 4) is 0 Å². The highest BCUT2D eigenvalue weighted by atomic mass is 79.9. The number of benzene rings is 1. The number of nitrogens with one attached hydrogen (secondary N) is 1. The molecule has 76 valence electrons. The summed E-state index contributed by atoms with van der Waals surface area (Å²) in [5.41, 5.74) is 6.09. The Labute approximate surface area is 93.4 Å². The minimum absolute atomic E-state index is 0.678. The molecule has 3 heteroatoms. The molecule has 1 N–H and O–H groups in total. The Kier molecular flexibility index (Phi) is 2.79. The Morgan fingerprint density at radius 1 is 1.50 bits per heavy atom. The fourth-order valence-corrected chi connectivity index (χ4v) is 2.16. The maximum Gasteiger partial charge on any atom is 0.0566 e. The Morgan fingerprint density at radius 2 is 2.29 bits per heavy atom. The van der Waals surface area contributed by atoms with Crippen molar-refractivity contribution in [1.82, 2.24) is 5.43 Å². The first-order chi connectivity index (χ1) is 6.66. The van der Waals surface area contributed by atoms with E-state index in [1.807, 2.05) is 0 Å². The summed E-state index contributed by atoms with van der Waals surface area (Å²) in [6, 6.07) is 6.45. The van der Waals surface area contributed by atoms with Crippen molar-refractivity contribution < 1.29 is 0 Å². The summed E-state index contributed by atoms with van der Waals surface area (Å²) in [6.45, 7) is 6.48. The number of hydrogen-bond acceptors (Lipinski definition) is 2. The molecule has 0 saturated carbocycles. The fraction of sp³-hybridized carbons (Fsp3) is 0.455. The molecule has 0 fully saturated rings. The van der Waals surface area contributed by atoms with Crippen LogP contribution in [-0.4, -0.2) is 6.54 Å². The second-order valence-corrected chi connectivity index (χ2v) is 5.03. The number of fused-ring (bicyclic) bond motifs is 1. The predicted octanol–water partition coefficient (Wildman–Crippen LogP) is 2.93. The van der Waals surface area contributed by atoms with Crippen molar-refractivity contribution in [2.75, 3.05) is 11.6 Å². The molecule has 0 atom stereocenters. The summed E-state index contributed by atoms with van der Waals surface area (Å²) in [7, 11) is 0.